The number of aromatic nitrogens is 4. The maximum atomic E-state index is 5.49. The molecule has 0 amide bonds. The first-order valence-corrected chi connectivity index (χ1v) is 8.52. The van der Waals surface area contributed by atoms with Crippen molar-refractivity contribution in [1.82, 2.24) is 19.5 Å². The summed E-state index contributed by atoms with van der Waals surface area (Å²) in [6, 6.07) is 6.38. The standard InChI is InChI=1S/C17H16N4OS/c1-2-23-17-19-8-14(9-20-17)16-18-5-6-21(16)15-4-3-12-10-22-11-13(12)7-15/h3-9H,2,10-11H2,1H3. The Hall–Kier alpha value is -2.18. The van der Waals surface area contributed by atoms with Gasteiger partial charge in [-0.25, -0.2) is 15.0 Å². The molecule has 0 aliphatic carbocycles. The summed E-state index contributed by atoms with van der Waals surface area (Å²) in [4.78, 5) is 13.3. The smallest absolute Gasteiger partial charge is 0.187 e. The van der Waals surface area contributed by atoms with Crippen LogP contribution in [0.15, 0.2) is 48.1 Å². The van der Waals surface area contributed by atoms with Crippen molar-refractivity contribution in [1.29, 1.82) is 0 Å². The number of benzene rings is 1. The van der Waals surface area contributed by atoms with E-state index < -0.39 is 0 Å². The molecule has 0 atom stereocenters. The van der Waals surface area contributed by atoms with E-state index in [0.717, 1.165) is 28.0 Å². The molecule has 116 valence electrons. The Balaban J connectivity index is 1.71. The second-order valence-corrected chi connectivity index (χ2v) is 6.49. The molecule has 0 fully saturated rings. The third kappa shape index (κ3) is 2.75. The molecule has 6 heteroatoms. The van der Waals surface area contributed by atoms with Gasteiger partial charge in [0, 0.05) is 30.5 Å². The lowest BCUT2D eigenvalue weighted by molar-refractivity contribution is 0.134. The number of hydrogen-bond donors (Lipinski definition) is 0. The van der Waals surface area contributed by atoms with E-state index in [4.69, 9.17) is 4.74 Å². The molecule has 4 rings (SSSR count). The molecule has 23 heavy (non-hydrogen) atoms. The fourth-order valence-corrected chi connectivity index (χ4v) is 3.18. The second-order valence-electron chi connectivity index (χ2n) is 5.25. The fourth-order valence-electron chi connectivity index (χ4n) is 2.67. The van der Waals surface area contributed by atoms with Gasteiger partial charge in [-0.1, -0.05) is 24.8 Å². The fraction of sp³-hybridized carbons (Fsp3) is 0.235. The molecule has 0 N–H and O–H groups in total. The summed E-state index contributed by atoms with van der Waals surface area (Å²) in [5.74, 6) is 1.81. The van der Waals surface area contributed by atoms with Gasteiger partial charge in [-0.15, -0.1) is 0 Å². The molecule has 3 heterocycles. The topological polar surface area (TPSA) is 52.8 Å². The van der Waals surface area contributed by atoms with E-state index in [1.807, 2.05) is 18.6 Å². The summed E-state index contributed by atoms with van der Waals surface area (Å²) in [7, 11) is 0. The molecule has 0 saturated heterocycles. The minimum Gasteiger partial charge on any atom is -0.372 e. The van der Waals surface area contributed by atoms with Crippen LogP contribution in [0.25, 0.3) is 17.1 Å². The van der Waals surface area contributed by atoms with Crippen molar-refractivity contribution in [3.05, 3.63) is 54.1 Å². The minimum atomic E-state index is 0.680. The summed E-state index contributed by atoms with van der Waals surface area (Å²) in [6.07, 6.45) is 7.43. The van der Waals surface area contributed by atoms with Crippen molar-refractivity contribution in [3.63, 3.8) is 0 Å². The number of nitrogens with zero attached hydrogens (tertiary/aromatic N) is 4. The molecular formula is C17H16N4OS. The van der Waals surface area contributed by atoms with Crippen molar-refractivity contribution >= 4 is 11.8 Å². The van der Waals surface area contributed by atoms with Crippen LogP contribution in [-0.4, -0.2) is 25.3 Å². The number of fused-ring (bicyclic) bond motifs is 1. The monoisotopic (exact) mass is 324 g/mol. The first kappa shape index (κ1) is 14.4. The summed E-state index contributed by atoms with van der Waals surface area (Å²) < 4.78 is 7.55. The van der Waals surface area contributed by atoms with Gasteiger partial charge in [-0.2, -0.15) is 0 Å². The average molecular weight is 324 g/mol. The summed E-state index contributed by atoms with van der Waals surface area (Å²) in [6.45, 7) is 3.47. The number of thioether (sulfide) groups is 1. The van der Waals surface area contributed by atoms with E-state index in [2.05, 4.69) is 44.6 Å². The average Bonchev–Trinajstić information content (AvgIpc) is 3.24. The van der Waals surface area contributed by atoms with Gasteiger partial charge in [0.15, 0.2) is 5.16 Å². The molecule has 0 saturated carbocycles. The van der Waals surface area contributed by atoms with Crippen LogP contribution in [0.2, 0.25) is 0 Å². The largest absolute Gasteiger partial charge is 0.372 e. The maximum absolute atomic E-state index is 5.49. The molecule has 5 nitrogen and oxygen atoms in total. The third-order valence-corrected chi connectivity index (χ3v) is 4.54. The van der Waals surface area contributed by atoms with E-state index in [1.165, 1.54) is 11.1 Å². The van der Waals surface area contributed by atoms with Gasteiger partial charge < -0.3 is 4.74 Å². The third-order valence-electron chi connectivity index (χ3n) is 3.78. The normalized spacial score (nSPS) is 13.3. The van der Waals surface area contributed by atoms with Crippen LogP contribution in [0.1, 0.15) is 18.1 Å². The minimum absolute atomic E-state index is 0.680. The van der Waals surface area contributed by atoms with E-state index in [-0.39, 0.29) is 0 Å². The molecule has 0 spiro atoms. The Labute approximate surface area is 138 Å². The van der Waals surface area contributed by atoms with Crippen molar-refractivity contribution in [2.24, 2.45) is 0 Å². The number of imidazole rings is 1. The zero-order valence-corrected chi connectivity index (χ0v) is 13.6. The lowest BCUT2D eigenvalue weighted by atomic mass is 10.1. The molecule has 0 unspecified atom stereocenters. The number of ether oxygens (including phenoxy) is 1. The predicted molar refractivity (Wildman–Crippen MR) is 89.5 cm³/mol. The van der Waals surface area contributed by atoms with Crippen molar-refractivity contribution in [2.45, 2.75) is 25.3 Å². The Morgan fingerprint density at radius 3 is 2.78 bits per heavy atom. The lowest BCUT2D eigenvalue weighted by Crippen LogP contribution is -1.99. The Bertz CT molecular complexity index is 829. The summed E-state index contributed by atoms with van der Waals surface area (Å²) in [5, 5.41) is 0.795. The highest BCUT2D eigenvalue weighted by molar-refractivity contribution is 7.99. The summed E-state index contributed by atoms with van der Waals surface area (Å²) >= 11 is 1.63. The Kier molecular flexibility index (Phi) is 3.85. The van der Waals surface area contributed by atoms with Crippen LogP contribution < -0.4 is 0 Å². The van der Waals surface area contributed by atoms with Crippen LogP contribution in [0.3, 0.4) is 0 Å². The molecule has 0 radical (unpaired) electrons. The van der Waals surface area contributed by atoms with Crippen molar-refractivity contribution in [2.75, 3.05) is 5.75 Å². The Morgan fingerprint density at radius 1 is 1.13 bits per heavy atom. The molecule has 1 aliphatic heterocycles. The van der Waals surface area contributed by atoms with E-state index in [1.54, 1.807) is 18.0 Å². The van der Waals surface area contributed by atoms with Crippen LogP contribution in [-0.2, 0) is 18.0 Å². The highest BCUT2D eigenvalue weighted by atomic mass is 32.2. The van der Waals surface area contributed by atoms with Crippen molar-refractivity contribution < 1.29 is 4.74 Å². The molecule has 3 aromatic rings. The van der Waals surface area contributed by atoms with Crippen LogP contribution in [0.4, 0.5) is 0 Å². The second kappa shape index (κ2) is 6.14. The molecule has 1 aromatic carbocycles. The van der Waals surface area contributed by atoms with Gasteiger partial charge in [-0.05, 0) is 29.0 Å². The van der Waals surface area contributed by atoms with Gasteiger partial charge in [-0.3, -0.25) is 4.57 Å². The van der Waals surface area contributed by atoms with Crippen molar-refractivity contribution in [3.8, 4) is 17.1 Å². The lowest BCUT2D eigenvalue weighted by Gasteiger charge is -2.09. The zero-order chi connectivity index (χ0) is 15.6. The molecule has 2 aromatic heterocycles. The molecule has 1 aliphatic rings. The van der Waals surface area contributed by atoms with E-state index in [0.29, 0.717) is 13.2 Å². The van der Waals surface area contributed by atoms with Gasteiger partial charge in [0.25, 0.3) is 0 Å². The van der Waals surface area contributed by atoms with Gasteiger partial charge >= 0.3 is 0 Å². The van der Waals surface area contributed by atoms with E-state index in [9.17, 15) is 0 Å². The van der Waals surface area contributed by atoms with Crippen LogP contribution in [0.5, 0.6) is 0 Å². The van der Waals surface area contributed by atoms with Gasteiger partial charge in [0.1, 0.15) is 5.82 Å². The first-order valence-electron chi connectivity index (χ1n) is 7.53. The highest BCUT2D eigenvalue weighted by Gasteiger charge is 2.14. The Morgan fingerprint density at radius 2 is 1.96 bits per heavy atom. The van der Waals surface area contributed by atoms with Crippen LogP contribution >= 0.6 is 11.8 Å². The molecule has 0 bridgehead atoms. The zero-order valence-electron chi connectivity index (χ0n) is 12.8. The van der Waals surface area contributed by atoms with E-state index >= 15 is 0 Å². The maximum Gasteiger partial charge on any atom is 0.187 e. The number of hydrogen-bond acceptors (Lipinski definition) is 5. The molecular weight excluding hydrogens is 308 g/mol. The first-order chi connectivity index (χ1) is 11.3. The highest BCUT2D eigenvalue weighted by Crippen LogP contribution is 2.26. The van der Waals surface area contributed by atoms with Gasteiger partial charge in [0.05, 0.1) is 18.8 Å². The SMILES string of the molecule is CCSc1ncc(-c2nccn2-c2ccc3c(c2)COC3)cn1. The van der Waals surface area contributed by atoms with Crippen LogP contribution in [0, 0.1) is 0 Å². The quantitative estimate of drug-likeness (QED) is 0.543. The number of rotatable bonds is 4. The van der Waals surface area contributed by atoms with Gasteiger partial charge in [0.2, 0.25) is 0 Å². The predicted octanol–water partition coefficient (Wildman–Crippen LogP) is 3.47. The summed E-state index contributed by atoms with van der Waals surface area (Å²) in [5.41, 5.74) is 4.49.